The molecule has 0 atom stereocenters. The molecule has 0 radical (unpaired) electrons. The first kappa shape index (κ1) is 14.3. The summed E-state index contributed by atoms with van der Waals surface area (Å²) in [6, 6.07) is 14.4. The highest BCUT2D eigenvalue weighted by Gasteiger charge is 1.95. The summed E-state index contributed by atoms with van der Waals surface area (Å²) < 4.78 is 0. The van der Waals surface area contributed by atoms with E-state index in [1.54, 1.807) is 24.3 Å². The molecule has 0 fully saturated rings. The van der Waals surface area contributed by atoms with Crippen molar-refractivity contribution in [1.82, 2.24) is 5.43 Å². The maximum absolute atomic E-state index is 5.86. The zero-order chi connectivity index (χ0) is 14.4. The molecule has 0 spiro atoms. The lowest BCUT2D eigenvalue weighted by Gasteiger charge is -2.09. The third-order valence-electron chi connectivity index (χ3n) is 2.29. The average Bonchev–Trinajstić information content (AvgIpc) is 2.43. The molecule has 0 aliphatic carbocycles. The van der Waals surface area contributed by atoms with Crippen molar-refractivity contribution in [1.29, 1.82) is 0 Å². The minimum atomic E-state index is 0.171. The average molecular weight is 310 g/mol. The van der Waals surface area contributed by atoms with Crippen LogP contribution >= 0.6 is 23.2 Å². The normalized spacial score (nSPS) is 11.0. The molecule has 0 aromatic heterocycles. The Morgan fingerprint density at radius 1 is 0.950 bits per heavy atom. The number of hydrazone groups is 1. The second-order valence-electron chi connectivity index (χ2n) is 3.88. The highest BCUT2D eigenvalue weighted by atomic mass is 35.5. The summed E-state index contributed by atoms with van der Waals surface area (Å²) in [5.41, 5.74) is 15.6. The van der Waals surface area contributed by atoms with Gasteiger partial charge in [-0.2, -0.15) is 0 Å². The van der Waals surface area contributed by atoms with Crippen molar-refractivity contribution in [3.8, 4) is 0 Å². The molecule has 0 heterocycles. The molecule has 20 heavy (non-hydrogen) atoms. The van der Waals surface area contributed by atoms with E-state index in [1.807, 2.05) is 24.3 Å². The van der Waals surface area contributed by atoms with Crippen molar-refractivity contribution in [2.45, 2.75) is 0 Å². The van der Waals surface area contributed by atoms with Crippen LogP contribution in [0.4, 0.5) is 11.4 Å². The second-order valence-corrected chi connectivity index (χ2v) is 4.75. The van der Waals surface area contributed by atoms with Gasteiger partial charge in [0.2, 0.25) is 5.96 Å². The third kappa shape index (κ3) is 4.53. The Kier molecular flexibility index (Phi) is 4.92. The molecule has 0 aliphatic rings. The van der Waals surface area contributed by atoms with Crippen LogP contribution in [0.3, 0.4) is 0 Å². The second kappa shape index (κ2) is 6.88. The first-order chi connectivity index (χ1) is 9.63. The SMILES string of the molecule is N/C(=N\Nc1cccc(Cl)c1)NNc1cccc(Cl)c1. The molecular formula is C13H13Cl2N5. The van der Waals surface area contributed by atoms with Crippen molar-refractivity contribution in [3.63, 3.8) is 0 Å². The summed E-state index contributed by atoms with van der Waals surface area (Å²) in [5, 5.41) is 5.20. The van der Waals surface area contributed by atoms with E-state index in [4.69, 9.17) is 28.9 Å². The van der Waals surface area contributed by atoms with Gasteiger partial charge in [-0.05, 0) is 36.4 Å². The Morgan fingerprint density at radius 2 is 1.55 bits per heavy atom. The smallest absolute Gasteiger partial charge is 0.230 e. The quantitative estimate of drug-likeness (QED) is 0.397. The zero-order valence-electron chi connectivity index (χ0n) is 10.4. The van der Waals surface area contributed by atoms with Crippen molar-refractivity contribution >= 4 is 40.5 Å². The van der Waals surface area contributed by atoms with Crippen molar-refractivity contribution < 1.29 is 0 Å². The fraction of sp³-hybridized carbons (Fsp3) is 0. The zero-order valence-corrected chi connectivity index (χ0v) is 11.9. The summed E-state index contributed by atoms with van der Waals surface area (Å²) in [4.78, 5) is 0. The third-order valence-corrected chi connectivity index (χ3v) is 2.76. The van der Waals surface area contributed by atoms with Crippen LogP contribution in [-0.2, 0) is 0 Å². The van der Waals surface area contributed by atoms with Gasteiger partial charge in [-0.15, -0.1) is 5.10 Å². The van der Waals surface area contributed by atoms with Gasteiger partial charge in [0, 0.05) is 10.0 Å². The van der Waals surface area contributed by atoms with Crippen molar-refractivity contribution in [2.24, 2.45) is 10.8 Å². The minimum absolute atomic E-state index is 0.171. The number of hydrogen-bond acceptors (Lipinski definition) is 3. The van der Waals surface area contributed by atoms with E-state index in [2.05, 4.69) is 21.4 Å². The van der Waals surface area contributed by atoms with Gasteiger partial charge in [-0.25, -0.2) is 0 Å². The summed E-state index contributed by atoms with van der Waals surface area (Å²) in [6.45, 7) is 0. The Morgan fingerprint density at radius 3 is 2.20 bits per heavy atom. The standard InChI is InChI=1S/C13H13Cl2N5/c14-9-3-1-5-11(7-9)17-19-13(16)20-18-12-6-2-4-10(15)8-12/h1-8,17-18H,(H3,16,19,20). The molecular weight excluding hydrogens is 297 g/mol. The Bertz CT molecular complexity index is 615. The molecule has 5 nitrogen and oxygen atoms in total. The summed E-state index contributed by atoms with van der Waals surface area (Å²) in [7, 11) is 0. The predicted molar refractivity (Wildman–Crippen MR) is 84.9 cm³/mol. The van der Waals surface area contributed by atoms with Crippen LogP contribution in [0.1, 0.15) is 0 Å². The lowest BCUT2D eigenvalue weighted by Crippen LogP contribution is -2.36. The number of nitrogens with two attached hydrogens (primary N) is 1. The molecule has 5 N–H and O–H groups in total. The first-order valence-electron chi connectivity index (χ1n) is 5.76. The number of rotatable bonds is 4. The lowest BCUT2D eigenvalue weighted by molar-refractivity contribution is 1.08. The molecule has 2 aromatic rings. The van der Waals surface area contributed by atoms with E-state index in [0.29, 0.717) is 10.0 Å². The van der Waals surface area contributed by atoms with E-state index < -0.39 is 0 Å². The lowest BCUT2D eigenvalue weighted by atomic mass is 10.3. The number of halogens is 2. The summed E-state index contributed by atoms with van der Waals surface area (Å²) in [5.74, 6) is 0.171. The molecule has 0 bridgehead atoms. The van der Waals surface area contributed by atoms with E-state index in [9.17, 15) is 0 Å². The minimum Gasteiger partial charge on any atom is -0.367 e. The maximum Gasteiger partial charge on any atom is 0.230 e. The van der Waals surface area contributed by atoms with Crippen LogP contribution in [0.2, 0.25) is 10.0 Å². The van der Waals surface area contributed by atoms with Gasteiger partial charge in [0.05, 0.1) is 11.4 Å². The number of anilines is 2. The highest BCUT2D eigenvalue weighted by molar-refractivity contribution is 6.31. The van der Waals surface area contributed by atoms with Crippen LogP contribution in [-0.4, -0.2) is 5.96 Å². The molecule has 0 unspecified atom stereocenters. The number of nitrogens with zero attached hydrogens (tertiary/aromatic N) is 1. The topological polar surface area (TPSA) is 74.5 Å². The van der Waals surface area contributed by atoms with Gasteiger partial charge in [-0.3, -0.25) is 16.3 Å². The van der Waals surface area contributed by atoms with Crippen molar-refractivity contribution in [3.05, 3.63) is 58.6 Å². The van der Waals surface area contributed by atoms with Crippen LogP contribution in [0.25, 0.3) is 0 Å². The number of nitrogens with one attached hydrogen (secondary N) is 3. The highest BCUT2D eigenvalue weighted by Crippen LogP contribution is 2.15. The number of hydrazine groups is 1. The number of hydrogen-bond donors (Lipinski definition) is 4. The van der Waals surface area contributed by atoms with Crippen LogP contribution in [0.15, 0.2) is 53.6 Å². The molecule has 7 heteroatoms. The fourth-order valence-corrected chi connectivity index (χ4v) is 1.79. The van der Waals surface area contributed by atoms with E-state index in [1.165, 1.54) is 0 Å². The molecule has 2 rings (SSSR count). The van der Waals surface area contributed by atoms with Crippen LogP contribution in [0.5, 0.6) is 0 Å². The molecule has 0 saturated carbocycles. The molecule has 104 valence electrons. The molecule has 2 aromatic carbocycles. The molecule has 0 aliphatic heterocycles. The summed E-state index contributed by atoms with van der Waals surface area (Å²) >= 11 is 11.7. The predicted octanol–water partition coefficient (Wildman–Crippen LogP) is 3.25. The van der Waals surface area contributed by atoms with Gasteiger partial charge < -0.3 is 5.73 Å². The first-order valence-corrected chi connectivity index (χ1v) is 6.51. The Hall–Kier alpha value is -2.11. The van der Waals surface area contributed by atoms with Gasteiger partial charge in [0.25, 0.3) is 0 Å². The molecule has 0 saturated heterocycles. The van der Waals surface area contributed by atoms with E-state index in [-0.39, 0.29) is 5.96 Å². The van der Waals surface area contributed by atoms with Crippen molar-refractivity contribution in [2.75, 3.05) is 10.9 Å². The van der Waals surface area contributed by atoms with E-state index in [0.717, 1.165) is 11.4 Å². The fourth-order valence-electron chi connectivity index (χ4n) is 1.41. The van der Waals surface area contributed by atoms with Gasteiger partial charge in [0.15, 0.2) is 0 Å². The van der Waals surface area contributed by atoms with Gasteiger partial charge >= 0.3 is 0 Å². The van der Waals surface area contributed by atoms with Gasteiger partial charge in [-0.1, -0.05) is 35.3 Å². The monoisotopic (exact) mass is 309 g/mol. The van der Waals surface area contributed by atoms with Gasteiger partial charge in [0.1, 0.15) is 0 Å². The molecule has 0 amide bonds. The Labute approximate surface area is 126 Å². The maximum atomic E-state index is 5.86. The Balaban J connectivity index is 1.88. The summed E-state index contributed by atoms with van der Waals surface area (Å²) in [6.07, 6.45) is 0. The van der Waals surface area contributed by atoms with E-state index >= 15 is 0 Å². The largest absolute Gasteiger partial charge is 0.367 e. The van der Waals surface area contributed by atoms with Crippen LogP contribution in [0, 0.1) is 0 Å². The number of guanidine groups is 1. The number of benzene rings is 2. The van der Waals surface area contributed by atoms with Crippen LogP contribution < -0.4 is 22.0 Å².